The van der Waals surface area contributed by atoms with E-state index in [1.54, 1.807) is 0 Å². The SMILES string of the molecule is CCN(CC(=O)O)C1CC(NC(=O)c2ccc(Cl)c(F)c2)C1. The molecule has 5 nitrogen and oxygen atoms in total. The third-order valence-corrected chi connectivity index (χ3v) is 4.20. The molecule has 1 aromatic carbocycles. The minimum atomic E-state index is -0.856. The molecule has 2 rings (SSSR count). The molecule has 1 aliphatic carbocycles. The van der Waals surface area contributed by atoms with Crippen molar-refractivity contribution in [1.82, 2.24) is 10.2 Å². The second kappa shape index (κ2) is 7.07. The summed E-state index contributed by atoms with van der Waals surface area (Å²) in [5.74, 6) is -1.83. The van der Waals surface area contributed by atoms with Crippen LogP contribution in [0.3, 0.4) is 0 Å². The Labute approximate surface area is 133 Å². The van der Waals surface area contributed by atoms with Gasteiger partial charge in [-0.05, 0) is 37.6 Å². The largest absolute Gasteiger partial charge is 0.480 e. The van der Waals surface area contributed by atoms with Crippen molar-refractivity contribution in [2.75, 3.05) is 13.1 Å². The average molecular weight is 329 g/mol. The molecular weight excluding hydrogens is 311 g/mol. The van der Waals surface area contributed by atoms with Crippen LogP contribution in [0.2, 0.25) is 5.02 Å². The smallest absolute Gasteiger partial charge is 0.317 e. The van der Waals surface area contributed by atoms with E-state index in [9.17, 15) is 14.0 Å². The fraction of sp³-hybridized carbons (Fsp3) is 0.467. The summed E-state index contributed by atoms with van der Waals surface area (Å²) in [6, 6.07) is 4.07. The van der Waals surface area contributed by atoms with Crippen molar-refractivity contribution in [1.29, 1.82) is 0 Å². The van der Waals surface area contributed by atoms with Crippen LogP contribution < -0.4 is 5.32 Å². The second-order valence-electron chi connectivity index (χ2n) is 5.38. The second-order valence-corrected chi connectivity index (χ2v) is 5.79. The number of nitrogens with one attached hydrogen (secondary N) is 1. The maximum absolute atomic E-state index is 13.3. The Morgan fingerprint density at radius 3 is 2.68 bits per heavy atom. The standard InChI is InChI=1S/C15H18ClFN2O3/c1-2-19(8-14(20)21)11-6-10(7-11)18-15(22)9-3-4-12(16)13(17)5-9/h3-5,10-11H,2,6-8H2,1H3,(H,18,22)(H,20,21). The van der Waals surface area contributed by atoms with E-state index in [-0.39, 0.29) is 35.1 Å². The van der Waals surface area contributed by atoms with Crippen molar-refractivity contribution in [2.45, 2.75) is 31.8 Å². The number of carboxylic acids is 1. The molecule has 1 fully saturated rings. The van der Waals surface area contributed by atoms with Crippen molar-refractivity contribution in [3.63, 3.8) is 0 Å². The summed E-state index contributed by atoms with van der Waals surface area (Å²) in [7, 11) is 0. The Balaban J connectivity index is 1.85. The van der Waals surface area contributed by atoms with Gasteiger partial charge in [0.25, 0.3) is 5.91 Å². The van der Waals surface area contributed by atoms with Gasteiger partial charge in [-0.3, -0.25) is 14.5 Å². The summed E-state index contributed by atoms with van der Waals surface area (Å²) in [6.07, 6.45) is 1.39. The monoisotopic (exact) mass is 328 g/mol. The zero-order valence-corrected chi connectivity index (χ0v) is 12.9. The summed E-state index contributed by atoms with van der Waals surface area (Å²) in [5.41, 5.74) is 0.225. The van der Waals surface area contributed by atoms with Crippen LogP contribution in [0.15, 0.2) is 18.2 Å². The van der Waals surface area contributed by atoms with Crippen LogP contribution in [0.5, 0.6) is 0 Å². The van der Waals surface area contributed by atoms with Crippen molar-refractivity contribution in [3.8, 4) is 0 Å². The molecule has 0 unspecified atom stereocenters. The van der Waals surface area contributed by atoms with Gasteiger partial charge in [-0.2, -0.15) is 0 Å². The molecule has 1 saturated carbocycles. The summed E-state index contributed by atoms with van der Waals surface area (Å²) >= 11 is 5.58. The van der Waals surface area contributed by atoms with E-state index in [0.29, 0.717) is 19.4 Å². The number of hydrogen-bond donors (Lipinski definition) is 2. The Morgan fingerprint density at radius 2 is 2.14 bits per heavy atom. The van der Waals surface area contributed by atoms with Gasteiger partial charge in [0.1, 0.15) is 5.82 Å². The number of likely N-dealkylation sites (N-methyl/N-ethyl adjacent to an activating group) is 1. The molecule has 2 N–H and O–H groups in total. The van der Waals surface area contributed by atoms with E-state index >= 15 is 0 Å². The van der Waals surface area contributed by atoms with Crippen molar-refractivity contribution < 1.29 is 19.1 Å². The van der Waals surface area contributed by atoms with Crippen LogP contribution in [0.25, 0.3) is 0 Å². The minimum absolute atomic E-state index is 0.00420. The molecular formula is C15H18ClFN2O3. The number of hydrogen-bond acceptors (Lipinski definition) is 3. The van der Waals surface area contributed by atoms with Crippen LogP contribution in [0.1, 0.15) is 30.1 Å². The predicted molar refractivity (Wildman–Crippen MR) is 80.6 cm³/mol. The molecule has 0 atom stereocenters. The number of carboxylic acid groups (broad SMARTS) is 1. The molecule has 0 spiro atoms. The van der Waals surface area contributed by atoms with Crippen LogP contribution in [-0.4, -0.2) is 47.1 Å². The predicted octanol–water partition coefficient (Wildman–Crippen LogP) is 2.15. The molecule has 1 aromatic rings. The maximum atomic E-state index is 13.3. The molecule has 0 heterocycles. The normalized spacial score (nSPS) is 20.5. The van der Waals surface area contributed by atoms with Gasteiger partial charge in [-0.25, -0.2) is 4.39 Å². The fourth-order valence-electron chi connectivity index (χ4n) is 2.58. The van der Waals surface area contributed by atoms with Gasteiger partial charge in [0.05, 0.1) is 11.6 Å². The van der Waals surface area contributed by atoms with Gasteiger partial charge in [0, 0.05) is 17.6 Å². The first kappa shape index (κ1) is 16.7. The quantitative estimate of drug-likeness (QED) is 0.839. The number of aliphatic carboxylic acids is 1. The highest BCUT2D eigenvalue weighted by Gasteiger charge is 2.34. The number of carbonyl (C=O) groups excluding carboxylic acids is 1. The van der Waals surface area contributed by atoms with Crippen molar-refractivity contribution in [2.24, 2.45) is 0 Å². The lowest BCUT2D eigenvalue weighted by molar-refractivity contribution is -0.139. The van der Waals surface area contributed by atoms with Gasteiger partial charge in [-0.15, -0.1) is 0 Å². The number of carbonyl (C=O) groups is 2. The Kier molecular flexibility index (Phi) is 5.37. The number of nitrogens with zero attached hydrogens (tertiary/aromatic N) is 1. The first-order chi connectivity index (χ1) is 10.4. The van der Waals surface area contributed by atoms with Gasteiger partial charge < -0.3 is 10.4 Å². The lowest BCUT2D eigenvalue weighted by atomic mass is 9.85. The van der Waals surface area contributed by atoms with Crippen LogP contribution in [0.4, 0.5) is 4.39 Å². The van der Waals surface area contributed by atoms with E-state index in [0.717, 1.165) is 6.07 Å². The first-order valence-corrected chi connectivity index (χ1v) is 7.50. The number of benzene rings is 1. The average Bonchev–Trinajstić information content (AvgIpc) is 2.42. The lowest BCUT2D eigenvalue weighted by Crippen LogP contribution is -2.54. The van der Waals surface area contributed by atoms with Gasteiger partial charge >= 0.3 is 5.97 Å². The van der Waals surface area contributed by atoms with Crippen molar-refractivity contribution in [3.05, 3.63) is 34.6 Å². The molecule has 22 heavy (non-hydrogen) atoms. The van der Waals surface area contributed by atoms with Gasteiger partial charge in [-0.1, -0.05) is 18.5 Å². The molecule has 7 heteroatoms. The van der Waals surface area contributed by atoms with Gasteiger partial charge in [0.15, 0.2) is 0 Å². The molecule has 120 valence electrons. The Hall–Kier alpha value is -1.66. The van der Waals surface area contributed by atoms with E-state index in [2.05, 4.69) is 5.32 Å². The number of rotatable bonds is 6. The van der Waals surface area contributed by atoms with Gasteiger partial charge in [0.2, 0.25) is 0 Å². The van der Waals surface area contributed by atoms with E-state index in [1.807, 2.05) is 11.8 Å². The van der Waals surface area contributed by atoms with Crippen LogP contribution in [0, 0.1) is 5.82 Å². The zero-order valence-electron chi connectivity index (χ0n) is 12.2. The highest BCUT2D eigenvalue weighted by molar-refractivity contribution is 6.30. The number of amides is 1. The van der Waals surface area contributed by atoms with Crippen molar-refractivity contribution >= 4 is 23.5 Å². The van der Waals surface area contributed by atoms with Crippen LogP contribution in [-0.2, 0) is 4.79 Å². The van der Waals surface area contributed by atoms with E-state index in [4.69, 9.17) is 16.7 Å². The lowest BCUT2D eigenvalue weighted by Gasteiger charge is -2.42. The summed E-state index contributed by atoms with van der Waals surface area (Å²) in [6.45, 7) is 2.57. The summed E-state index contributed by atoms with van der Waals surface area (Å²) < 4.78 is 13.3. The molecule has 1 aliphatic rings. The van der Waals surface area contributed by atoms with E-state index < -0.39 is 11.8 Å². The Morgan fingerprint density at radius 1 is 1.45 bits per heavy atom. The summed E-state index contributed by atoms with van der Waals surface area (Å²) in [5, 5.41) is 11.6. The zero-order chi connectivity index (χ0) is 16.3. The Bertz CT molecular complexity index is 576. The van der Waals surface area contributed by atoms with Crippen LogP contribution >= 0.6 is 11.6 Å². The molecule has 0 radical (unpaired) electrons. The fourth-order valence-corrected chi connectivity index (χ4v) is 2.70. The molecule has 0 bridgehead atoms. The molecule has 1 amide bonds. The third-order valence-electron chi connectivity index (χ3n) is 3.89. The maximum Gasteiger partial charge on any atom is 0.317 e. The highest BCUT2D eigenvalue weighted by atomic mass is 35.5. The summed E-state index contributed by atoms with van der Waals surface area (Å²) in [4.78, 5) is 24.6. The topological polar surface area (TPSA) is 69.6 Å². The number of halogens is 2. The molecule has 0 aromatic heterocycles. The molecule has 0 saturated heterocycles. The highest BCUT2D eigenvalue weighted by Crippen LogP contribution is 2.26. The molecule has 0 aliphatic heterocycles. The first-order valence-electron chi connectivity index (χ1n) is 7.12. The third kappa shape index (κ3) is 3.96. The van der Waals surface area contributed by atoms with E-state index in [1.165, 1.54) is 12.1 Å². The minimum Gasteiger partial charge on any atom is -0.480 e.